The van der Waals surface area contributed by atoms with Gasteiger partial charge in [-0.1, -0.05) is 50.2 Å². The van der Waals surface area contributed by atoms with E-state index >= 15 is 0 Å². The first kappa shape index (κ1) is 16.5. The molecule has 0 fully saturated rings. The molecule has 2 aromatic carbocycles. The van der Waals surface area contributed by atoms with Gasteiger partial charge in [-0.2, -0.15) is 0 Å². The summed E-state index contributed by atoms with van der Waals surface area (Å²) in [5, 5.41) is 19.7. The zero-order valence-corrected chi connectivity index (χ0v) is 13.2. The highest BCUT2D eigenvalue weighted by atomic mass is 16.3. The second-order valence-electron chi connectivity index (χ2n) is 6.16. The standard InChI is InChI=1S/C19H25NO2/c1-13(2)18(20)11-16(15-6-4-3-5-7-15)17-10-14(12-21)8-9-19(17)22/h3-10,13,16,18,21-22H,11-12,20H2,1-2H3. The average Bonchev–Trinajstić information content (AvgIpc) is 2.54. The molecule has 3 nitrogen and oxygen atoms in total. The van der Waals surface area contributed by atoms with E-state index < -0.39 is 0 Å². The van der Waals surface area contributed by atoms with E-state index in [9.17, 15) is 10.2 Å². The summed E-state index contributed by atoms with van der Waals surface area (Å²) < 4.78 is 0. The number of aliphatic hydroxyl groups is 1. The van der Waals surface area contributed by atoms with Gasteiger partial charge in [-0.05, 0) is 35.6 Å². The molecule has 0 saturated heterocycles. The van der Waals surface area contributed by atoms with Crippen molar-refractivity contribution in [1.82, 2.24) is 0 Å². The highest BCUT2D eigenvalue weighted by molar-refractivity contribution is 5.43. The lowest BCUT2D eigenvalue weighted by Crippen LogP contribution is -2.29. The number of phenolic OH excluding ortho intramolecular Hbond substituents is 1. The molecule has 0 spiro atoms. The molecule has 0 aliphatic heterocycles. The molecular formula is C19H25NO2. The van der Waals surface area contributed by atoms with Crippen LogP contribution >= 0.6 is 0 Å². The number of hydrogen-bond donors (Lipinski definition) is 3. The fourth-order valence-electron chi connectivity index (χ4n) is 2.65. The zero-order chi connectivity index (χ0) is 16.1. The minimum absolute atomic E-state index is 0.0186. The van der Waals surface area contributed by atoms with Gasteiger partial charge >= 0.3 is 0 Å². The molecule has 3 heteroatoms. The average molecular weight is 299 g/mol. The quantitative estimate of drug-likeness (QED) is 0.766. The molecule has 0 heterocycles. The van der Waals surface area contributed by atoms with Crippen LogP contribution in [0.5, 0.6) is 5.75 Å². The lowest BCUT2D eigenvalue weighted by atomic mass is 9.82. The van der Waals surface area contributed by atoms with E-state index in [2.05, 4.69) is 26.0 Å². The van der Waals surface area contributed by atoms with Crippen molar-refractivity contribution in [2.24, 2.45) is 11.7 Å². The molecule has 0 aromatic heterocycles. The highest BCUT2D eigenvalue weighted by Gasteiger charge is 2.22. The second-order valence-corrected chi connectivity index (χ2v) is 6.16. The van der Waals surface area contributed by atoms with Gasteiger partial charge in [-0.3, -0.25) is 0 Å². The Morgan fingerprint density at radius 2 is 1.73 bits per heavy atom. The molecule has 22 heavy (non-hydrogen) atoms. The minimum Gasteiger partial charge on any atom is -0.508 e. The van der Waals surface area contributed by atoms with Gasteiger partial charge in [0.1, 0.15) is 5.75 Å². The van der Waals surface area contributed by atoms with E-state index in [4.69, 9.17) is 5.73 Å². The van der Waals surface area contributed by atoms with Crippen LogP contribution in [-0.2, 0) is 6.61 Å². The van der Waals surface area contributed by atoms with Crippen LogP contribution in [0.15, 0.2) is 48.5 Å². The Labute approximate surface area is 132 Å². The first-order valence-electron chi connectivity index (χ1n) is 7.76. The van der Waals surface area contributed by atoms with Crippen LogP contribution in [0.4, 0.5) is 0 Å². The summed E-state index contributed by atoms with van der Waals surface area (Å²) in [6, 6.07) is 15.4. The summed E-state index contributed by atoms with van der Waals surface area (Å²) in [6.45, 7) is 4.18. The minimum atomic E-state index is -0.0367. The van der Waals surface area contributed by atoms with Gasteiger partial charge in [0, 0.05) is 17.5 Å². The fraction of sp³-hybridized carbons (Fsp3) is 0.368. The van der Waals surface area contributed by atoms with Gasteiger partial charge in [0.05, 0.1) is 6.61 Å². The summed E-state index contributed by atoms with van der Waals surface area (Å²) in [6.07, 6.45) is 0.754. The van der Waals surface area contributed by atoms with Crippen molar-refractivity contribution in [3.63, 3.8) is 0 Å². The highest BCUT2D eigenvalue weighted by Crippen LogP contribution is 2.36. The molecule has 2 unspecified atom stereocenters. The third kappa shape index (κ3) is 3.87. The van der Waals surface area contributed by atoms with Gasteiger partial charge < -0.3 is 15.9 Å². The summed E-state index contributed by atoms with van der Waals surface area (Å²) >= 11 is 0. The summed E-state index contributed by atoms with van der Waals surface area (Å²) in [5.74, 6) is 0.640. The summed E-state index contributed by atoms with van der Waals surface area (Å²) in [4.78, 5) is 0. The van der Waals surface area contributed by atoms with Crippen LogP contribution in [0, 0.1) is 5.92 Å². The largest absolute Gasteiger partial charge is 0.508 e. The first-order chi connectivity index (χ1) is 10.5. The third-order valence-corrected chi connectivity index (χ3v) is 4.22. The van der Waals surface area contributed by atoms with Crippen molar-refractivity contribution >= 4 is 0 Å². The molecule has 2 rings (SSSR count). The van der Waals surface area contributed by atoms with Crippen LogP contribution in [0.2, 0.25) is 0 Å². The Bertz CT molecular complexity index is 596. The normalized spacial score (nSPS) is 14.0. The predicted octanol–water partition coefficient (Wildman–Crippen LogP) is 3.39. The summed E-state index contributed by atoms with van der Waals surface area (Å²) in [7, 11) is 0. The van der Waals surface area contributed by atoms with E-state index in [0.29, 0.717) is 5.92 Å². The van der Waals surface area contributed by atoms with Gasteiger partial charge in [-0.15, -0.1) is 0 Å². The second kappa shape index (κ2) is 7.43. The lowest BCUT2D eigenvalue weighted by Gasteiger charge is -2.25. The zero-order valence-electron chi connectivity index (χ0n) is 13.2. The Hall–Kier alpha value is -1.84. The molecule has 2 atom stereocenters. The van der Waals surface area contributed by atoms with Crippen LogP contribution in [0.25, 0.3) is 0 Å². The van der Waals surface area contributed by atoms with Crippen LogP contribution in [0.1, 0.15) is 42.9 Å². The molecule has 118 valence electrons. The number of aliphatic hydroxyl groups excluding tert-OH is 1. The maximum absolute atomic E-state index is 10.3. The van der Waals surface area contributed by atoms with Crippen LogP contribution in [0.3, 0.4) is 0 Å². The van der Waals surface area contributed by atoms with Gasteiger partial charge in [-0.25, -0.2) is 0 Å². The molecule has 0 aliphatic rings. The van der Waals surface area contributed by atoms with Crippen molar-refractivity contribution < 1.29 is 10.2 Å². The van der Waals surface area contributed by atoms with E-state index in [0.717, 1.165) is 23.1 Å². The van der Waals surface area contributed by atoms with Crippen molar-refractivity contribution in [2.45, 2.75) is 38.8 Å². The maximum atomic E-state index is 10.3. The van der Waals surface area contributed by atoms with Gasteiger partial charge in [0.25, 0.3) is 0 Å². The first-order valence-corrected chi connectivity index (χ1v) is 7.76. The molecule has 0 bridgehead atoms. The monoisotopic (exact) mass is 299 g/mol. The fourth-order valence-corrected chi connectivity index (χ4v) is 2.65. The smallest absolute Gasteiger partial charge is 0.119 e. The molecular weight excluding hydrogens is 274 g/mol. The Balaban J connectivity index is 2.44. The van der Waals surface area contributed by atoms with E-state index in [1.165, 1.54) is 0 Å². The number of rotatable bonds is 6. The number of nitrogens with two attached hydrogens (primary N) is 1. The van der Waals surface area contributed by atoms with Crippen molar-refractivity contribution in [3.8, 4) is 5.75 Å². The van der Waals surface area contributed by atoms with Gasteiger partial charge in [0.15, 0.2) is 0 Å². The van der Waals surface area contributed by atoms with E-state index in [1.807, 2.05) is 24.3 Å². The molecule has 0 radical (unpaired) electrons. The van der Waals surface area contributed by atoms with E-state index in [-0.39, 0.29) is 24.3 Å². The van der Waals surface area contributed by atoms with Crippen LogP contribution < -0.4 is 5.73 Å². The Morgan fingerprint density at radius 3 is 2.32 bits per heavy atom. The molecule has 0 aliphatic carbocycles. The topological polar surface area (TPSA) is 66.5 Å². The van der Waals surface area contributed by atoms with Crippen LogP contribution in [-0.4, -0.2) is 16.3 Å². The predicted molar refractivity (Wildman–Crippen MR) is 89.7 cm³/mol. The number of phenols is 1. The maximum Gasteiger partial charge on any atom is 0.119 e. The number of benzene rings is 2. The Morgan fingerprint density at radius 1 is 1.05 bits per heavy atom. The Kier molecular flexibility index (Phi) is 5.58. The summed E-state index contributed by atoms with van der Waals surface area (Å²) in [5.41, 5.74) is 9.04. The molecule has 4 N–H and O–H groups in total. The van der Waals surface area contributed by atoms with Gasteiger partial charge in [0.2, 0.25) is 0 Å². The molecule has 0 amide bonds. The molecule has 0 saturated carbocycles. The third-order valence-electron chi connectivity index (χ3n) is 4.22. The van der Waals surface area contributed by atoms with E-state index in [1.54, 1.807) is 12.1 Å². The number of aromatic hydroxyl groups is 1. The lowest BCUT2D eigenvalue weighted by molar-refractivity contribution is 0.281. The van der Waals surface area contributed by atoms with Crippen molar-refractivity contribution in [1.29, 1.82) is 0 Å². The van der Waals surface area contributed by atoms with Crippen molar-refractivity contribution in [2.75, 3.05) is 0 Å². The molecule has 2 aromatic rings. The SMILES string of the molecule is CC(C)C(N)CC(c1ccccc1)c1cc(CO)ccc1O. The van der Waals surface area contributed by atoms with Crippen molar-refractivity contribution in [3.05, 3.63) is 65.2 Å². The number of hydrogen-bond acceptors (Lipinski definition) is 3.